The molecule has 0 atom stereocenters. The second-order valence-electron chi connectivity index (χ2n) is 4.46. The summed E-state index contributed by atoms with van der Waals surface area (Å²) in [5, 5.41) is 11.9. The summed E-state index contributed by atoms with van der Waals surface area (Å²) in [6.45, 7) is 1.96. The van der Waals surface area contributed by atoms with Gasteiger partial charge >= 0.3 is 0 Å². The fourth-order valence-electron chi connectivity index (χ4n) is 1.94. The Morgan fingerprint density at radius 2 is 1.85 bits per heavy atom. The summed E-state index contributed by atoms with van der Waals surface area (Å²) in [7, 11) is 0. The van der Waals surface area contributed by atoms with Gasteiger partial charge in [0.1, 0.15) is 0 Å². The van der Waals surface area contributed by atoms with Crippen LogP contribution in [0.3, 0.4) is 0 Å². The number of halogens is 1. The van der Waals surface area contributed by atoms with Crippen LogP contribution >= 0.6 is 15.9 Å². The Kier molecular flexibility index (Phi) is 3.23. The number of anilines is 1. The Morgan fingerprint density at radius 3 is 2.55 bits per heavy atom. The van der Waals surface area contributed by atoms with E-state index in [0.29, 0.717) is 5.82 Å². The van der Waals surface area contributed by atoms with Crippen molar-refractivity contribution in [1.82, 2.24) is 20.2 Å². The van der Waals surface area contributed by atoms with E-state index in [2.05, 4.69) is 31.5 Å². The summed E-state index contributed by atoms with van der Waals surface area (Å²) < 4.78 is 2.72. The monoisotopic (exact) mass is 329 g/mol. The molecule has 2 N–H and O–H groups in total. The molecule has 0 saturated carbocycles. The zero-order chi connectivity index (χ0) is 14.1. The van der Waals surface area contributed by atoms with Crippen LogP contribution in [0.5, 0.6) is 0 Å². The van der Waals surface area contributed by atoms with Gasteiger partial charge in [0.15, 0.2) is 5.82 Å². The second-order valence-corrected chi connectivity index (χ2v) is 5.38. The molecule has 1 heterocycles. The number of nitrogens with two attached hydrogens (primary N) is 1. The third kappa shape index (κ3) is 2.30. The Labute approximate surface area is 124 Å². The van der Waals surface area contributed by atoms with Gasteiger partial charge in [-0.1, -0.05) is 15.9 Å². The quantitative estimate of drug-likeness (QED) is 0.734. The van der Waals surface area contributed by atoms with Crippen LogP contribution in [-0.4, -0.2) is 20.2 Å². The molecule has 0 unspecified atom stereocenters. The maximum atomic E-state index is 5.84. The highest BCUT2D eigenvalue weighted by atomic mass is 79.9. The maximum Gasteiger partial charge on any atom is 0.187 e. The number of nitrogen functional groups attached to an aromatic ring is 1. The van der Waals surface area contributed by atoms with Crippen LogP contribution in [0.15, 0.2) is 46.9 Å². The van der Waals surface area contributed by atoms with Crippen molar-refractivity contribution in [1.29, 1.82) is 0 Å². The first-order valence-electron chi connectivity index (χ1n) is 6.06. The normalized spacial score (nSPS) is 10.7. The van der Waals surface area contributed by atoms with E-state index >= 15 is 0 Å². The number of hydrogen-bond acceptors (Lipinski definition) is 4. The number of aryl methyl sites for hydroxylation is 1. The van der Waals surface area contributed by atoms with E-state index in [1.807, 2.05) is 49.4 Å². The van der Waals surface area contributed by atoms with Crippen LogP contribution in [0.1, 0.15) is 5.56 Å². The average molecular weight is 330 g/mol. The van der Waals surface area contributed by atoms with Crippen molar-refractivity contribution in [2.24, 2.45) is 0 Å². The first-order chi connectivity index (χ1) is 9.65. The zero-order valence-electron chi connectivity index (χ0n) is 10.8. The molecule has 100 valence electrons. The molecule has 0 aliphatic rings. The van der Waals surface area contributed by atoms with E-state index in [-0.39, 0.29) is 0 Å². The molecule has 3 rings (SSSR count). The Balaban J connectivity index is 2.10. The molecule has 6 heteroatoms. The first-order valence-corrected chi connectivity index (χ1v) is 6.85. The predicted molar refractivity (Wildman–Crippen MR) is 81.4 cm³/mol. The number of aromatic nitrogens is 4. The summed E-state index contributed by atoms with van der Waals surface area (Å²) in [6, 6.07) is 13.6. The Morgan fingerprint density at radius 1 is 1.10 bits per heavy atom. The van der Waals surface area contributed by atoms with Crippen molar-refractivity contribution >= 4 is 21.6 Å². The molecule has 0 spiro atoms. The summed E-state index contributed by atoms with van der Waals surface area (Å²) in [5.41, 5.74) is 9.45. The van der Waals surface area contributed by atoms with Crippen molar-refractivity contribution in [3.63, 3.8) is 0 Å². The van der Waals surface area contributed by atoms with Gasteiger partial charge in [-0.2, -0.15) is 4.68 Å². The largest absolute Gasteiger partial charge is 0.399 e. The number of nitrogens with zero attached hydrogens (tertiary/aromatic N) is 4. The highest BCUT2D eigenvalue weighted by molar-refractivity contribution is 9.10. The van der Waals surface area contributed by atoms with Gasteiger partial charge in [-0.25, -0.2) is 0 Å². The molecule has 0 aliphatic heterocycles. The molecule has 1 aromatic heterocycles. The molecule has 0 bridgehead atoms. The van der Waals surface area contributed by atoms with E-state index < -0.39 is 0 Å². The first kappa shape index (κ1) is 12.8. The van der Waals surface area contributed by atoms with E-state index in [1.165, 1.54) is 0 Å². The SMILES string of the molecule is Cc1cc(-c2nnnn2-c2ccc(Br)cc2)ccc1N. The van der Waals surface area contributed by atoms with Gasteiger partial charge in [0, 0.05) is 15.7 Å². The van der Waals surface area contributed by atoms with Crippen LogP contribution < -0.4 is 5.73 Å². The van der Waals surface area contributed by atoms with Crippen molar-refractivity contribution < 1.29 is 0 Å². The van der Waals surface area contributed by atoms with Crippen LogP contribution in [0.25, 0.3) is 17.1 Å². The van der Waals surface area contributed by atoms with Crippen LogP contribution in [0.4, 0.5) is 5.69 Å². The van der Waals surface area contributed by atoms with Gasteiger partial charge in [-0.05, 0) is 65.4 Å². The fourth-order valence-corrected chi connectivity index (χ4v) is 2.20. The highest BCUT2D eigenvalue weighted by Gasteiger charge is 2.11. The number of tetrazole rings is 1. The van der Waals surface area contributed by atoms with Crippen molar-refractivity contribution in [2.75, 3.05) is 5.73 Å². The fraction of sp³-hybridized carbons (Fsp3) is 0.0714. The lowest BCUT2D eigenvalue weighted by molar-refractivity contribution is 0.791. The van der Waals surface area contributed by atoms with E-state index in [1.54, 1.807) is 4.68 Å². The van der Waals surface area contributed by atoms with Crippen LogP contribution in [-0.2, 0) is 0 Å². The second kappa shape index (κ2) is 5.05. The molecule has 0 fully saturated rings. The molecular weight excluding hydrogens is 318 g/mol. The maximum absolute atomic E-state index is 5.84. The topological polar surface area (TPSA) is 69.6 Å². The number of rotatable bonds is 2. The van der Waals surface area contributed by atoms with Gasteiger partial charge in [0.25, 0.3) is 0 Å². The predicted octanol–water partition coefficient (Wildman–Crippen LogP) is 2.98. The van der Waals surface area contributed by atoms with Gasteiger partial charge in [0.05, 0.1) is 5.69 Å². The van der Waals surface area contributed by atoms with Gasteiger partial charge < -0.3 is 5.73 Å². The van der Waals surface area contributed by atoms with E-state index in [4.69, 9.17) is 5.73 Å². The molecular formula is C14H12BrN5. The summed E-state index contributed by atoms with van der Waals surface area (Å²) in [6.07, 6.45) is 0. The van der Waals surface area contributed by atoms with Gasteiger partial charge in [-0.15, -0.1) is 5.10 Å². The standard InChI is InChI=1S/C14H12BrN5/c1-9-8-10(2-7-13(9)16)14-17-18-19-20(14)12-5-3-11(15)4-6-12/h2-8H,16H2,1H3. The minimum atomic E-state index is 0.690. The lowest BCUT2D eigenvalue weighted by Crippen LogP contribution is -2.00. The molecule has 2 aromatic carbocycles. The third-order valence-corrected chi connectivity index (χ3v) is 3.60. The van der Waals surface area contributed by atoms with Gasteiger partial charge in [-0.3, -0.25) is 0 Å². The summed E-state index contributed by atoms with van der Waals surface area (Å²) in [4.78, 5) is 0. The van der Waals surface area contributed by atoms with Crippen LogP contribution in [0, 0.1) is 6.92 Å². The minimum absolute atomic E-state index is 0.690. The summed E-state index contributed by atoms with van der Waals surface area (Å²) >= 11 is 3.41. The van der Waals surface area contributed by atoms with Crippen molar-refractivity contribution in [2.45, 2.75) is 6.92 Å². The average Bonchev–Trinajstić information content (AvgIpc) is 2.92. The lowest BCUT2D eigenvalue weighted by Gasteiger charge is -2.06. The molecule has 3 aromatic rings. The molecule has 0 amide bonds. The van der Waals surface area contributed by atoms with E-state index in [9.17, 15) is 0 Å². The third-order valence-electron chi connectivity index (χ3n) is 3.07. The molecule has 20 heavy (non-hydrogen) atoms. The van der Waals surface area contributed by atoms with Gasteiger partial charge in [0.2, 0.25) is 0 Å². The number of benzene rings is 2. The molecule has 0 saturated heterocycles. The van der Waals surface area contributed by atoms with Crippen molar-refractivity contribution in [3.05, 3.63) is 52.5 Å². The Bertz CT molecular complexity index is 749. The number of hydrogen-bond donors (Lipinski definition) is 1. The minimum Gasteiger partial charge on any atom is -0.399 e. The molecule has 5 nitrogen and oxygen atoms in total. The van der Waals surface area contributed by atoms with Crippen LogP contribution in [0.2, 0.25) is 0 Å². The lowest BCUT2D eigenvalue weighted by atomic mass is 10.1. The summed E-state index contributed by atoms with van der Waals surface area (Å²) in [5.74, 6) is 0.690. The van der Waals surface area contributed by atoms with Crippen molar-refractivity contribution in [3.8, 4) is 17.1 Å². The molecule has 0 aliphatic carbocycles. The Hall–Kier alpha value is -2.21. The molecule has 0 radical (unpaired) electrons. The smallest absolute Gasteiger partial charge is 0.187 e. The highest BCUT2D eigenvalue weighted by Crippen LogP contribution is 2.23. The van der Waals surface area contributed by atoms with E-state index in [0.717, 1.165) is 27.0 Å². The zero-order valence-corrected chi connectivity index (χ0v) is 12.4.